The van der Waals surface area contributed by atoms with E-state index in [1.54, 1.807) is 12.1 Å². The Morgan fingerprint density at radius 3 is 2.72 bits per heavy atom. The second-order valence-corrected chi connectivity index (χ2v) is 3.99. The molecule has 1 amide bonds. The van der Waals surface area contributed by atoms with Gasteiger partial charge in [-0.1, -0.05) is 13.3 Å². The molecule has 0 aliphatic rings. The van der Waals surface area contributed by atoms with Crippen LogP contribution >= 0.6 is 0 Å². The minimum Gasteiger partial charge on any atom is -0.481 e. The van der Waals surface area contributed by atoms with E-state index < -0.39 is 12.0 Å². The average Bonchev–Trinajstić information content (AvgIpc) is 2.31. The van der Waals surface area contributed by atoms with Crippen molar-refractivity contribution >= 4 is 17.6 Å². The van der Waals surface area contributed by atoms with Crippen molar-refractivity contribution in [3.63, 3.8) is 0 Å². The summed E-state index contributed by atoms with van der Waals surface area (Å²) in [5.74, 6) is -1.20. The SMILES string of the molecule is CCCC(N)C(=O)Nc1ccc(CC(=O)O)nc1. The number of carboxylic acids is 1. The predicted octanol–water partition coefficient (Wildman–Crippen LogP) is 0.775. The van der Waals surface area contributed by atoms with E-state index in [0.717, 1.165) is 6.42 Å². The van der Waals surface area contributed by atoms with Crippen LogP contribution in [-0.4, -0.2) is 28.0 Å². The highest BCUT2D eigenvalue weighted by Crippen LogP contribution is 2.08. The number of carbonyl (C=O) groups is 2. The van der Waals surface area contributed by atoms with Gasteiger partial charge in [-0.25, -0.2) is 0 Å². The van der Waals surface area contributed by atoms with Crippen LogP contribution in [0.25, 0.3) is 0 Å². The Morgan fingerprint density at radius 1 is 1.50 bits per heavy atom. The summed E-state index contributed by atoms with van der Waals surface area (Å²) >= 11 is 0. The average molecular weight is 251 g/mol. The molecule has 1 heterocycles. The number of carbonyl (C=O) groups excluding carboxylic acids is 1. The lowest BCUT2D eigenvalue weighted by Crippen LogP contribution is -2.35. The van der Waals surface area contributed by atoms with Crippen molar-refractivity contribution in [3.8, 4) is 0 Å². The highest BCUT2D eigenvalue weighted by Gasteiger charge is 2.12. The Labute approximate surface area is 105 Å². The number of nitrogens with two attached hydrogens (primary N) is 1. The number of aliphatic carboxylic acids is 1. The van der Waals surface area contributed by atoms with Crippen LogP contribution in [0.3, 0.4) is 0 Å². The summed E-state index contributed by atoms with van der Waals surface area (Å²) in [7, 11) is 0. The molecule has 98 valence electrons. The smallest absolute Gasteiger partial charge is 0.309 e. The normalized spacial score (nSPS) is 11.9. The van der Waals surface area contributed by atoms with E-state index in [0.29, 0.717) is 17.8 Å². The van der Waals surface area contributed by atoms with Crippen LogP contribution in [0.2, 0.25) is 0 Å². The number of amides is 1. The standard InChI is InChI=1S/C12H17N3O3/c1-2-3-10(13)12(18)15-9-5-4-8(14-7-9)6-11(16)17/h4-5,7,10H,2-3,6,13H2,1H3,(H,15,18)(H,16,17). The van der Waals surface area contributed by atoms with Crippen molar-refractivity contribution < 1.29 is 14.7 Å². The lowest BCUT2D eigenvalue weighted by molar-refractivity contribution is -0.136. The quantitative estimate of drug-likeness (QED) is 0.692. The Bertz CT molecular complexity index is 417. The van der Waals surface area contributed by atoms with Gasteiger partial charge in [0.05, 0.1) is 30.0 Å². The summed E-state index contributed by atoms with van der Waals surface area (Å²) in [5, 5.41) is 11.2. The van der Waals surface area contributed by atoms with Gasteiger partial charge in [0.1, 0.15) is 0 Å². The number of aromatic nitrogens is 1. The molecule has 6 heteroatoms. The molecule has 1 aromatic heterocycles. The summed E-state index contributed by atoms with van der Waals surface area (Å²) in [6.07, 6.45) is 2.75. The van der Waals surface area contributed by atoms with Crippen LogP contribution in [0.1, 0.15) is 25.5 Å². The Hall–Kier alpha value is -1.95. The third-order valence-electron chi connectivity index (χ3n) is 2.36. The summed E-state index contributed by atoms with van der Waals surface area (Å²) in [4.78, 5) is 26.0. The third-order valence-corrected chi connectivity index (χ3v) is 2.36. The van der Waals surface area contributed by atoms with Crippen molar-refractivity contribution in [1.29, 1.82) is 0 Å². The number of anilines is 1. The first kappa shape index (κ1) is 14.1. The van der Waals surface area contributed by atoms with Crippen molar-refractivity contribution in [2.45, 2.75) is 32.2 Å². The van der Waals surface area contributed by atoms with Crippen molar-refractivity contribution in [1.82, 2.24) is 4.98 Å². The molecule has 0 radical (unpaired) electrons. The Kier molecular flexibility index (Phi) is 5.26. The Morgan fingerprint density at radius 2 is 2.22 bits per heavy atom. The minimum atomic E-state index is -0.941. The molecular formula is C12H17N3O3. The van der Waals surface area contributed by atoms with Crippen LogP contribution in [0.15, 0.2) is 18.3 Å². The molecule has 6 nitrogen and oxygen atoms in total. The largest absolute Gasteiger partial charge is 0.481 e. The number of nitrogens with one attached hydrogen (secondary N) is 1. The molecule has 1 aromatic rings. The number of pyridine rings is 1. The zero-order valence-electron chi connectivity index (χ0n) is 10.2. The molecule has 0 saturated heterocycles. The molecular weight excluding hydrogens is 234 g/mol. The van der Waals surface area contributed by atoms with Crippen molar-refractivity contribution in [3.05, 3.63) is 24.0 Å². The maximum absolute atomic E-state index is 11.6. The van der Waals surface area contributed by atoms with Gasteiger partial charge >= 0.3 is 5.97 Å². The molecule has 0 bridgehead atoms. The van der Waals surface area contributed by atoms with Gasteiger partial charge in [0, 0.05) is 0 Å². The lowest BCUT2D eigenvalue weighted by atomic mass is 10.1. The molecule has 0 fully saturated rings. The van der Waals surface area contributed by atoms with Crippen molar-refractivity contribution in [2.75, 3.05) is 5.32 Å². The lowest BCUT2D eigenvalue weighted by Gasteiger charge is -2.10. The van der Waals surface area contributed by atoms with Gasteiger partial charge in [-0.3, -0.25) is 14.6 Å². The van der Waals surface area contributed by atoms with Crippen LogP contribution in [0, 0.1) is 0 Å². The number of nitrogens with zero attached hydrogens (tertiary/aromatic N) is 1. The number of hydrogen-bond donors (Lipinski definition) is 3. The van der Waals surface area contributed by atoms with E-state index in [1.165, 1.54) is 6.20 Å². The molecule has 1 unspecified atom stereocenters. The van der Waals surface area contributed by atoms with E-state index >= 15 is 0 Å². The predicted molar refractivity (Wildman–Crippen MR) is 67.1 cm³/mol. The zero-order chi connectivity index (χ0) is 13.5. The Balaban J connectivity index is 2.58. The van der Waals surface area contributed by atoms with E-state index in [-0.39, 0.29) is 12.3 Å². The van der Waals surface area contributed by atoms with Crippen LogP contribution in [-0.2, 0) is 16.0 Å². The first-order chi connectivity index (χ1) is 8.52. The second kappa shape index (κ2) is 6.70. The molecule has 18 heavy (non-hydrogen) atoms. The minimum absolute atomic E-state index is 0.135. The molecule has 0 aromatic carbocycles. The van der Waals surface area contributed by atoms with E-state index in [1.807, 2.05) is 6.92 Å². The third kappa shape index (κ3) is 4.50. The molecule has 0 aliphatic carbocycles. The highest BCUT2D eigenvalue weighted by atomic mass is 16.4. The summed E-state index contributed by atoms with van der Waals surface area (Å²) < 4.78 is 0. The topological polar surface area (TPSA) is 105 Å². The van der Waals surface area contributed by atoms with Gasteiger partial charge in [0.15, 0.2) is 0 Å². The summed E-state index contributed by atoms with van der Waals surface area (Å²) in [6, 6.07) is 2.64. The fraction of sp³-hybridized carbons (Fsp3) is 0.417. The highest BCUT2D eigenvalue weighted by molar-refractivity contribution is 5.94. The zero-order valence-corrected chi connectivity index (χ0v) is 10.2. The number of hydrogen-bond acceptors (Lipinski definition) is 4. The van der Waals surface area contributed by atoms with Crippen LogP contribution in [0.4, 0.5) is 5.69 Å². The van der Waals surface area contributed by atoms with E-state index in [4.69, 9.17) is 10.8 Å². The van der Waals surface area contributed by atoms with Gasteiger partial charge in [-0.05, 0) is 18.6 Å². The van der Waals surface area contributed by atoms with Crippen LogP contribution in [0.5, 0.6) is 0 Å². The summed E-state index contributed by atoms with van der Waals surface area (Å²) in [6.45, 7) is 1.95. The maximum atomic E-state index is 11.6. The molecule has 4 N–H and O–H groups in total. The fourth-order valence-corrected chi connectivity index (χ4v) is 1.43. The number of carboxylic acid groups (broad SMARTS) is 1. The van der Waals surface area contributed by atoms with Gasteiger partial charge in [0.25, 0.3) is 0 Å². The molecule has 1 rings (SSSR count). The second-order valence-electron chi connectivity index (χ2n) is 3.99. The van der Waals surface area contributed by atoms with E-state index in [2.05, 4.69) is 10.3 Å². The molecule has 0 saturated carbocycles. The monoisotopic (exact) mass is 251 g/mol. The molecule has 1 atom stereocenters. The molecule has 0 aliphatic heterocycles. The van der Waals surface area contributed by atoms with Crippen molar-refractivity contribution in [2.24, 2.45) is 5.73 Å². The van der Waals surface area contributed by atoms with Crippen LogP contribution < -0.4 is 11.1 Å². The fourth-order valence-electron chi connectivity index (χ4n) is 1.43. The molecule has 0 spiro atoms. The first-order valence-corrected chi connectivity index (χ1v) is 5.76. The maximum Gasteiger partial charge on any atom is 0.309 e. The van der Waals surface area contributed by atoms with Gasteiger partial charge in [-0.15, -0.1) is 0 Å². The van der Waals surface area contributed by atoms with Gasteiger partial charge in [-0.2, -0.15) is 0 Å². The van der Waals surface area contributed by atoms with Gasteiger partial charge in [0.2, 0.25) is 5.91 Å². The summed E-state index contributed by atoms with van der Waals surface area (Å²) in [5.41, 5.74) is 6.62. The van der Waals surface area contributed by atoms with Gasteiger partial charge < -0.3 is 16.2 Å². The number of rotatable bonds is 6. The van der Waals surface area contributed by atoms with E-state index in [9.17, 15) is 9.59 Å². The first-order valence-electron chi connectivity index (χ1n) is 5.76.